The van der Waals surface area contributed by atoms with E-state index < -0.39 is 6.10 Å². The third-order valence-electron chi connectivity index (χ3n) is 3.49. The van der Waals surface area contributed by atoms with Crippen molar-refractivity contribution in [1.82, 2.24) is 9.55 Å². The van der Waals surface area contributed by atoms with Crippen LogP contribution < -0.4 is 4.74 Å². The summed E-state index contributed by atoms with van der Waals surface area (Å²) in [6.07, 6.45) is 3.02. The Hall–Kier alpha value is -2.33. The van der Waals surface area contributed by atoms with Gasteiger partial charge in [-0.2, -0.15) is 0 Å². The lowest BCUT2D eigenvalue weighted by Gasteiger charge is -2.14. The van der Waals surface area contributed by atoms with Crippen molar-refractivity contribution in [3.05, 3.63) is 60.7 Å². The van der Waals surface area contributed by atoms with Gasteiger partial charge >= 0.3 is 0 Å². The molecule has 0 bridgehead atoms. The first-order chi connectivity index (χ1) is 10.2. The van der Waals surface area contributed by atoms with Crippen LogP contribution in [-0.2, 0) is 6.54 Å². The van der Waals surface area contributed by atoms with Gasteiger partial charge in [-0.05, 0) is 29.8 Å². The molecule has 0 amide bonds. The van der Waals surface area contributed by atoms with Gasteiger partial charge in [0.05, 0.1) is 6.54 Å². The maximum Gasteiger partial charge on any atom is 0.120 e. The van der Waals surface area contributed by atoms with Gasteiger partial charge in [0.1, 0.15) is 24.3 Å². The minimum atomic E-state index is -0.565. The zero-order valence-corrected chi connectivity index (χ0v) is 11.9. The number of rotatable bonds is 5. The van der Waals surface area contributed by atoms with Crippen LogP contribution in [0, 0.1) is 6.92 Å². The van der Waals surface area contributed by atoms with Crippen LogP contribution in [0.3, 0.4) is 0 Å². The quantitative estimate of drug-likeness (QED) is 0.782. The van der Waals surface area contributed by atoms with E-state index in [-0.39, 0.29) is 6.61 Å². The molecule has 1 heterocycles. The first-order valence-electron chi connectivity index (χ1n) is 7.00. The third kappa shape index (κ3) is 3.23. The standard InChI is InChI=1S/C17H18N2O2/c1-13-18-8-9-19(13)11-16(20)12-21-17-7-6-14-4-2-3-5-15(14)10-17/h2-10,16,20H,11-12H2,1H3/t16-/m0/s1. The largest absolute Gasteiger partial charge is 0.491 e. The first kappa shape index (κ1) is 13.6. The van der Waals surface area contributed by atoms with E-state index in [4.69, 9.17) is 4.74 Å². The molecule has 0 aliphatic carbocycles. The second-order valence-corrected chi connectivity index (χ2v) is 5.10. The topological polar surface area (TPSA) is 47.3 Å². The van der Waals surface area contributed by atoms with Gasteiger partial charge < -0.3 is 14.4 Å². The highest BCUT2D eigenvalue weighted by Crippen LogP contribution is 2.20. The van der Waals surface area contributed by atoms with E-state index in [9.17, 15) is 5.11 Å². The van der Waals surface area contributed by atoms with Crippen LogP contribution in [-0.4, -0.2) is 27.4 Å². The smallest absolute Gasteiger partial charge is 0.120 e. The first-order valence-corrected chi connectivity index (χ1v) is 7.00. The van der Waals surface area contributed by atoms with Crippen molar-refractivity contribution < 1.29 is 9.84 Å². The normalized spacial score (nSPS) is 12.5. The van der Waals surface area contributed by atoms with Crippen LogP contribution in [0.1, 0.15) is 5.82 Å². The molecular weight excluding hydrogens is 264 g/mol. The molecule has 0 saturated heterocycles. The summed E-state index contributed by atoms with van der Waals surface area (Å²) in [5, 5.41) is 12.4. The summed E-state index contributed by atoms with van der Waals surface area (Å²) in [5.41, 5.74) is 0. The van der Waals surface area contributed by atoms with Crippen LogP contribution in [0.5, 0.6) is 5.75 Å². The molecule has 3 aromatic rings. The molecule has 1 aromatic heterocycles. The lowest BCUT2D eigenvalue weighted by Crippen LogP contribution is -2.23. The van der Waals surface area contributed by atoms with Crippen LogP contribution >= 0.6 is 0 Å². The van der Waals surface area contributed by atoms with Crippen LogP contribution in [0.25, 0.3) is 10.8 Å². The average Bonchev–Trinajstić information content (AvgIpc) is 2.90. The Kier molecular flexibility index (Phi) is 3.88. The van der Waals surface area contributed by atoms with Crippen molar-refractivity contribution in [2.45, 2.75) is 19.6 Å². The maximum absolute atomic E-state index is 10.0. The molecule has 4 heteroatoms. The Balaban J connectivity index is 1.62. The van der Waals surface area contributed by atoms with Crippen molar-refractivity contribution in [3.63, 3.8) is 0 Å². The van der Waals surface area contributed by atoms with Crippen LogP contribution in [0.15, 0.2) is 54.9 Å². The summed E-state index contributed by atoms with van der Waals surface area (Å²) >= 11 is 0. The SMILES string of the molecule is Cc1nccn1C[C@H](O)COc1ccc2ccccc2c1. The summed E-state index contributed by atoms with van der Waals surface area (Å²) in [5.74, 6) is 1.66. The molecule has 0 fully saturated rings. The molecule has 0 radical (unpaired) electrons. The minimum absolute atomic E-state index is 0.260. The van der Waals surface area contributed by atoms with Gasteiger partial charge in [-0.15, -0.1) is 0 Å². The van der Waals surface area contributed by atoms with Gasteiger partial charge in [0.15, 0.2) is 0 Å². The minimum Gasteiger partial charge on any atom is -0.491 e. The molecule has 0 unspecified atom stereocenters. The molecule has 0 aliphatic heterocycles. The Morgan fingerprint density at radius 1 is 1.19 bits per heavy atom. The number of benzene rings is 2. The highest BCUT2D eigenvalue weighted by atomic mass is 16.5. The predicted molar refractivity (Wildman–Crippen MR) is 82.4 cm³/mol. The number of ether oxygens (including phenoxy) is 1. The van der Waals surface area contributed by atoms with E-state index in [1.165, 1.54) is 5.39 Å². The van der Waals surface area contributed by atoms with Crippen molar-refractivity contribution in [2.75, 3.05) is 6.61 Å². The second-order valence-electron chi connectivity index (χ2n) is 5.10. The number of aliphatic hydroxyl groups is 1. The van der Waals surface area contributed by atoms with E-state index in [1.54, 1.807) is 6.20 Å². The number of aryl methyl sites for hydroxylation is 1. The number of imidazole rings is 1. The van der Waals surface area contributed by atoms with Gasteiger partial charge in [0.25, 0.3) is 0 Å². The van der Waals surface area contributed by atoms with Crippen molar-refractivity contribution in [1.29, 1.82) is 0 Å². The third-order valence-corrected chi connectivity index (χ3v) is 3.49. The fraction of sp³-hybridized carbons (Fsp3) is 0.235. The molecule has 4 nitrogen and oxygen atoms in total. The lowest BCUT2D eigenvalue weighted by atomic mass is 10.1. The zero-order chi connectivity index (χ0) is 14.7. The van der Waals surface area contributed by atoms with Crippen LogP contribution in [0.4, 0.5) is 0 Å². The number of aliphatic hydroxyl groups excluding tert-OH is 1. The number of nitrogens with zero attached hydrogens (tertiary/aromatic N) is 2. The molecule has 0 spiro atoms. The lowest BCUT2D eigenvalue weighted by molar-refractivity contribution is 0.0920. The fourth-order valence-corrected chi connectivity index (χ4v) is 2.33. The summed E-state index contributed by atoms with van der Waals surface area (Å²) in [7, 11) is 0. The Labute approximate surface area is 123 Å². The zero-order valence-electron chi connectivity index (χ0n) is 11.9. The summed E-state index contributed by atoms with van der Waals surface area (Å²) in [6, 6.07) is 14.1. The van der Waals surface area contributed by atoms with Gasteiger partial charge in [0, 0.05) is 12.4 Å². The molecule has 21 heavy (non-hydrogen) atoms. The number of hydrogen-bond donors (Lipinski definition) is 1. The summed E-state index contributed by atoms with van der Waals surface area (Å²) in [4.78, 5) is 4.13. The van der Waals surface area contributed by atoms with Crippen molar-refractivity contribution in [2.24, 2.45) is 0 Å². The molecule has 0 saturated carbocycles. The summed E-state index contributed by atoms with van der Waals surface area (Å²) < 4.78 is 7.59. The highest BCUT2D eigenvalue weighted by Gasteiger charge is 2.08. The van der Waals surface area contributed by atoms with E-state index in [0.717, 1.165) is 17.0 Å². The predicted octanol–water partition coefficient (Wildman–Crippen LogP) is 2.78. The van der Waals surface area contributed by atoms with Gasteiger partial charge in [-0.1, -0.05) is 30.3 Å². The second kappa shape index (κ2) is 5.97. The van der Waals surface area contributed by atoms with E-state index in [2.05, 4.69) is 11.1 Å². The Morgan fingerprint density at radius 3 is 2.76 bits per heavy atom. The molecule has 108 valence electrons. The average molecular weight is 282 g/mol. The van der Waals surface area contributed by atoms with Crippen molar-refractivity contribution >= 4 is 10.8 Å². The van der Waals surface area contributed by atoms with E-state index in [1.807, 2.05) is 54.1 Å². The summed E-state index contributed by atoms with van der Waals surface area (Å²) in [6.45, 7) is 2.66. The van der Waals surface area contributed by atoms with Gasteiger partial charge in [-0.3, -0.25) is 0 Å². The monoisotopic (exact) mass is 282 g/mol. The van der Waals surface area contributed by atoms with E-state index in [0.29, 0.717) is 6.54 Å². The number of aromatic nitrogens is 2. The van der Waals surface area contributed by atoms with Gasteiger partial charge in [-0.25, -0.2) is 4.98 Å². The Bertz CT molecular complexity index is 736. The number of hydrogen-bond acceptors (Lipinski definition) is 3. The van der Waals surface area contributed by atoms with Gasteiger partial charge in [0.2, 0.25) is 0 Å². The molecule has 0 aliphatic rings. The molecule has 1 N–H and O–H groups in total. The van der Waals surface area contributed by atoms with Crippen molar-refractivity contribution in [3.8, 4) is 5.75 Å². The highest BCUT2D eigenvalue weighted by molar-refractivity contribution is 5.83. The Morgan fingerprint density at radius 2 is 2.00 bits per heavy atom. The van der Waals surface area contributed by atoms with Crippen LogP contribution in [0.2, 0.25) is 0 Å². The molecular formula is C17H18N2O2. The number of fused-ring (bicyclic) bond motifs is 1. The molecule has 1 atom stereocenters. The molecule has 3 rings (SSSR count). The molecule has 2 aromatic carbocycles. The van der Waals surface area contributed by atoms with E-state index >= 15 is 0 Å². The maximum atomic E-state index is 10.0. The fourth-order valence-electron chi connectivity index (χ4n) is 2.33.